The van der Waals surface area contributed by atoms with Crippen molar-refractivity contribution in [1.82, 2.24) is 0 Å². The van der Waals surface area contributed by atoms with Crippen LogP contribution in [0.25, 0.3) is 27.6 Å². The Morgan fingerprint density at radius 3 is 2.56 bits per heavy atom. The van der Waals surface area contributed by atoms with Gasteiger partial charge in [-0.15, -0.1) is 0 Å². The van der Waals surface area contributed by atoms with Crippen LogP contribution in [0.15, 0.2) is 42.5 Å². The predicted molar refractivity (Wildman–Crippen MR) is 73.4 cm³/mol. The molecule has 1 fully saturated rings. The van der Waals surface area contributed by atoms with Crippen molar-refractivity contribution in [3.8, 4) is 0 Å². The normalized spacial score (nSPS) is 28.2. The molecule has 1 heterocycles. The molecule has 0 saturated carbocycles. The Bertz CT molecular complexity index is 862. The lowest BCUT2D eigenvalue weighted by Gasteiger charge is -2.17. The van der Waals surface area contributed by atoms with Crippen LogP contribution in [0.1, 0.15) is 12.5 Å². The largest absolute Gasteiger partial charge is 0.357 e. The highest BCUT2D eigenvalue weighted by Crippen LogP contribution is 2.51. The van der Waals surface area contributed by atoms with E-state index in [-0.39, 0.29) is 11.7 Å². The summed E-state index contributed by atoms with van der Waals surface area (Å²) in [6.07, 6.45) is 2.54. The number of ether oxygens (including phenoxy) is 1. The Morgan fingerprint density at radius 1 is 0.944 bits per heavy atom. The smallest absolute Gasteiger partial charge is 0.122 e. The van der Waals surface area contributed by atoms with E-state index in [0.717, 1.165) is 0 Å². The zero-order valence-corrected chi connectivity index (χ0v) is 10.1. The molecule has 1 heteroatoms. The van der Waals surface area contributed by atoms with Crippen LogP contribution < -0.4 is 5.22 Å². The van der Waals surface area contributed by atoms with Crippen LogP contribution in [0.2, 0.25) is 0 Å². The van der Waals surface area contributed by atoms with Crippen molar-refractivity contribution >= 4 is 27.6 Å². The monoisotopic (exact) mass is 232 g/mol. The van der Waals surface area contributed by atoms with Gasteiger partial charge in [0, 0.05) is 0 Å². The van der Waals surface area contributed by atoms with Gasteiger partial charge in [-0.05, 0) is 45.3 Å². The van der Waals surface area contributed by atoms with E-state index in [1.54, 1.807) is 0 Å². The Hall–Kier alpha value is -1.86. The van der Waals surface area contributed by atoms with Crippen LogP contribution in [0, 0.1) is 0 Å². The highest BCUT2D eigenvalue weighted by atomic mass is 16.6. The van der Waals surface area contributed by atoms with Gasteiger partial charge in [-0.2, -0.15) is 0 Å². The van der Waals surface area contributed by atoms with Gasteiger partial charge in [-0.25, -0.2) is 0 Å². The molecule has 0 radical (unpaired) electrons. The minimum absolute atomic E-state index is 0.0781. The standard InChI is InChI=1S/C17H12O/c1-17-13-8-7-11-4-2-3-10-5-6-12(9-14(17)18-17)16(13)15(10)11/h2-9,14H,1H3. The van der Waals surface area contributed by atoms with Gasteiger partial charge in [0.15, 0.2) is 0 Å². The molecule has 1 aliphatic heterocycles. The van der Waals surface area contributed by atoms with E-state index in [0.29, 0.717) is 0 Å². The van der Waals surface area contributed by atoms with Crippen molar-refractivity contribution in [2.45, 2.75) is 18.6 Å². The molecule has 5 rings (SSSR count). The molecular formula is C17H12O. The first kappa shape index (κ1) is 9.12. The number of hydrogen-bond donors (Lipinski definition) is 0. The van der Waals surface area contributed by atoms with E-state index >= 15 is 0 Å². The third-order valence-electron chi connectivity index (χ3n) is 4.53. The van der Waals surface area contributed by atoms with Crippen molar-refractivity contribution in [3.63, 3.8) is 0 Å². The minimum Gasteiger partial charge on any atom is -0.357 e. The minimum atomic E-state index is -0.0781. The molecule has 0 amide bonds. The third kappa shape index (κ3) is 0.865. The van der Waals surface area contributed by atoms with Crippen LogP contribution in [-0.2, 0) is 10.3 Å². The fourth-order valence-corrected chi connectivity index (χ4v) is 3.46. The van der Waals surface area contributed by atoms with Crippen LogP contribution in [0.4, 0.5) is 0 Å². The SMILES string of the molecule is CC12OC1C=c1ccc3cccc4ccc2c1c43. The molecule has 1 saturated heterocycles. The van der Waals surface area contributed by atoms with Crippen LogP contribution in [-0.4, -0.2) is 6.10 Å². The van der Waals surface area contributed by atoms with E-state index < -0.39 is 0 Å². The lowest BCUT2D eigenvalue weighted by atomic mass is 9.84. The molecule has 1 nitrogen and oxygen atoms in total. The van der Waals surface area contributed by atoms with Gasteiger partial charge < -0.3 is 4.74 Å². The lowest BCUT2D eigenvalue weighted by molar-refractivity contribution is 0.325. The van der Waals surface area contributed by atoms with Gasteiger partial charge in [0.25, 0.3) is 0 Å². The summed E-state index contributed by atoms with van der Waals surface area (Å²) < 4.78 is 5.89. The summed E-state index contributed by atoms with van der Waals surface area (Å²) in [5, 5.41) is 6.75. The van der Waals surface area contributed by atoms with E-state index in [1.165, 1.54) is 32.3 Å². The summed E-state index contributed by atoms with van der Waals surface area (Å²) >= 11 is 0. The molecule has 86 valence electrons. The fourth-order valence-electron chi connectivity index (χ4n) is 3.46. The molecule has 0 aromatic heterocycles. The van der Waals surface area contributed by atoms with E-state index in [4.69, 9.17) is 4.74 Å². The molecule has 1 aliphatic carbocycles. The first-order valence-corrected chi connectivity index (χ1v) is 6.42. The molecule has 18 heavy (non-hydrogen) atoms. The van der Waals surface area contributed by atoms with Crippen LogP contribution in [0.3, 0.4) is 0 Å². The molecule has 3 aromatic carbocycles. The first-order chi connectivity index (χ1) is 8.77. The topological polar surface area (TPSA) is 12.5 Å². The Balaban J connectivity index is 2.16. The summed E-state index contributed by atoms with van der Waals surface area (Å²) in [6, 6.07) is 15.4. The summed E-state index contributed by atoms with van der Waals surface area (Å²) in [4.78, 5) is 0. The van der Waals surface area contributed by atoms with E-state index in [1.807, 2.05) is 0 Å². The van der Waals surface area contributed by atoms with Gasteiger partial charge in [0.05, 0.1) is 0 Å². The zero-order chi connectivity index (χ0) is 11.9. The molecule has 2 aliphatic rings. The van der Waals surface area contributed by atoms with Crippen LogP contribution in [0.5, 0.6) is 0 Å². The van der Waals surface area contributed by atoms with Crippen molar-refractivity contribution in [2.24, 2.45) is 0 Å². The van der Waals surface area contributed by atoms with Gasteiger partial charge in [-0.1, -0.05) is 42.5 Å². The van der Waals surface area contributed by atoms with Crippen molar-refractivity contribution in [1.29, 1.82) is 0 Å². The predicted octanol–water partition coefficient (Wildman–Crippen LogP) is 3.12. The van der Waals surface area contributed by atoms with Crippen molar-refractivity contribution in [2.75, 3.05) is 0 Å². The molecule has 2 atom stereocenters. The van der Waals surface area contributed by atoms with Gasteiger partial charge in [0.2, 0.25) is 0 Å². The fraction of sp³-hybridized carbons (Fsp3) is 0.176. The average Bonchev–Trinajstić information content (AvgIpc) is 3.07. The maximum atomic E-state index is 5.89. The second-order valence-electron chi connectivity index (χ2n) is 5.53. The van der Waals surface area contributed by atoms with E-state index in [2.05, 4.69) is 55.5 Å². The van der Waals surface area contributed by atoms with Gasteiger partial charge in [-0.3, -0.25) is 0 Å². The van der Waals surface area contributed by atoms with Crippen molar-refractivity contribution in [3.05, 3.63) is 53.2 Å². The summed E-state index contributed by atoms with van der Waals surface area (Å²) in [7, 11) is 0. The summed E-state index contributed by atoms with van der Waals surface area (Å²) in [5.74, 6) is 0. The number of fused-ring (bicyclic) bond motifs is 2. The third-order valence-corrected chi connectivity index (χ3v) is 4.53. The number of rotatable bonds is 0. The number of benzene rings is 3. The molecular weight excluding hydrogens is 220 g/mol. The average molecular weight is 232 g/mol. The molecule has 3 aromatic rings. The highest BCUT2D eigenvalue weighted by Gasteiger charge is 2.54. The number of hydrogen-bond acceptors (Lipinski definition) is 1. The first-order valence-electron chi connectivity index (χ1n) is 6.42. The van der Waals surface area contributed by atoms with Crippen molar-refractivity contribution < 1.29 is 4.74 Å². The Morgan fingerprint density at radius 2 is 1.72 bits per heavy atom. The van der Waals surface area contributed by atoms with Gasteiger partial charge >= 0.3 is 0 Å². The maximum absolute atomic E-state index is 5.89. The Labute approximate surface area is 105 Å². The molecule has 0 N–H and O–H groups in total. The van der Waals surface area contributed by atoms with Crippen LogP contribution >= 0.6 is 0 Å². The van der Waals surface area contributed by atoms with Gasteiger partial charge in [0.1, 0.15) is 11.7 Å². The highest BCUT2D eigenvalue weighted by molar-refractivity contribution is 6.12. The maximum Gasteiger partial charge on any atom is 0.122 e. The lowest BCUT2D eigenvalue weighted by Crippen LogP contribution is -2.19. The Kier molecular flexibility index (Phi) is 1.32. The quantitative estimate of drug-likeness (QED) is 0.542. The second kappa shape index (κ2) is 2.60. The molecule has 0 spiro atoms. The zero-order valence-electron chi connectivity index (χ0n) is 10.1. The summed E-state index contributed by atoms with van der Waals surface area (Å²) in [6.45, 7) is 2.20. The summed E-state index contributed by atoms with van der Waals surface area (Å²) in [5.41, 5.74) is 1.28. The second-order valence-corrected chi connectivity index (χ2v) is 5.53. The molecule has 2 unspecified atom stereocenters. The van der Waals surface area contributed by atoms with E-state index in [9.17, 15) is 0 Å². The number of epoxide rings is 1. The molecule has 0 bridgehead atoms.